The molecule has 1 nitrogen and oxygen atoms in total. The van der Waals surface area contributed by atoms with Crippen molar-refractivity contribution in [3.8, 4) is 0 Å². The van der Waals surface area contributed by atoms with Crippen molar-refractivity contribution in [3.63, 3.8) is 0 Å². The van der Waals surface area contributed by atoms with Gasteiger partial charge < -0.3 is 4.90 Å². The molecule has 0 unspecified atom stereocenters. The molecule has 0 aromatic heterocycles. The number of hydrogen-bond acceptors (Lipinski definition) is 1. The Kier molecular flexibility index (Phi) is 2.74. The summed E-state index contributed by atoms with van der Waals surface area (Å²) >= 11 is 0. The number of hydrogen-bond donors (Lipinski definition) is 0. The number of allylic oxidation sites excluding steroid dienone is 1. The molecule has 1 aliphatic heterocycles. The van der Waals surface area contributed by atoms with Crippen LogP contribution in [0.5, 0.6) is 0 Å². The molecule has 13 heavy (non-hydrogen) atoms. The van der Waals surface area contributed by atoms with Gasteiger partial charge in [0.15, 0.2) is 0 Å². The van der Waals surface area contributed by atoms with Crippen LogP contribution in [0, 0.1) is 5.41 Å². The first-order valence-electron chi connectivity index (χ1n) is 5.33. The molecular formula is C12H23N. The first kappa shape index (κ1) is 10.6. The fourth-order valence-electron chi connectivity index (χ4n) is 1.57. The molecule has 0 bridgehead atoms. The standard InChI is InChI=1S/C12H23N/c1-6-12(4,5)13-9-7-11(2,3)8-10-13/h7,9H,6,8,10H2,1-5H3. The largest absolute Gasteiger partial charge is 0.373 e. The SMILES string of the molecule is CCC(C)(C)N1C=CC(C)(C)CC1. The minimum Gasteiger partial charge on any atom is -0.373 e. The Hall–Kier alpha value is -0.460. The van der Waals surface area contributed by atoms with E-state index in [0.29, 0.717) is 11.0 Å². The molecule has 0 spiro atoms. The molecule has 0 saturated heterocycles. The summed E-state index contributed by atoms with van der Waals surface area (Å²) in [6, 6.07) is 0. The van der Waals surface area contributed by atoms with E-state index in [9.17, 15) is 0 Å². The van der Waals surface area contributed by atoms with Gasteiger partial charge in [-0.05, 0) is 38.3 Å². The molecule has 0 saturated carbocycles. The molecule has 0 N–H and O–H groups in total. The molecule has 0 amide bonds. The van der Waals surface area contributed by atoms with E-state index >= 15 is 0 Å². The second-order valence-corrected chi connectivity index (χ2v) is 5.41. The second kappa shape index (κ2) is 3.36. The van der Waals surface area contributed by atoms with Gasteiger partial charge in [-0.15, -0.1) is 0 Å². The summed E-state index contributed by atoms with van der Waals surface area (Å²) in [6.45, 7) is 12.7. The molecule has 1 heterocycles. The van der Waals surface area contributed by atoms with Gasteiger partial charge in [0.05, 0.1) is 0 Å². The van der Waals surface area contributed by atoms with E-state index in [1.807, 2.05) is 0 Å². The number of rotatable bonds is 2. The summed E-state index contributed by atoms with van der Waals surface area (Å²) in [6.07, 6.45) is 7.10. The molecule has 0 aliphatic carbocycles. The first-order valence-corrected chi connectivity index (χ1v) is 5.33. The van der Waals surface area contributed by atoms with Gasteiger partial charge in [-0.1, -0.05) is 26.8 Å². The van der Waals surface area contributed by atoms with E-state index < -0.39 is 0 Å². The van der Waals surface area contributed by atoms with Crippen molar-refractivity contribution in [1.82, 2.24) is 4.90 Å². The Morgan fingerprint density at radius 1 is 1.38 bits per heavy atom. The average molecular weight is 181 g/mol. The van der Waals surface area contributed by atoms with Gasteiger partial charge in [-0.3, -0.25) is 0 Å². The van der Waals surface area contributed by atoms with Crippen LogP contribution in [0.2, 0.25) is 0 Å². The van der Waals surface area contributed by atoms with Crippen LogP contribution >= 0.6 is 0 Å². The van der Waals surface area contributed by atoms with Crippen molar-refractivity contribution < 1.29 is 0 Å². The maximum atomic E-state index is 2.47. The zero-order valence-corrected chi connectivity index (χ0v) is 9.72. The quantitative estimate of drug-likeness (QED) is 0.631. The Bertz CT molecular complexity index is 201. The fraction of sp³-hybridized carbons (Fsp3) is 0.833. The summed E-state index contributed by atoms with van der Waals surface area (Å²) < 4.78 is 0. The molecule has 1 heteroatoms. The molecule has 76 valence electrons. The van der Waals surface area contributed by atoms with Crippen LogP contribution in [-0.4, -0.2) is 17.0 Å². The summed E-state index contributed by atoms with van der Waals surface area (Å²) in [5.74, 6) is 0. The third-order valence-corrected chi connectivity index (χ3v) is 3.35. The van der Waals surface area contributed by atoms with Crippen molar-refractivity contribution in [2.45, 2.75) is 53.0 Å². The van der Waals surface area contributed by atoms with E-state index in [1.54, 1.807) is 0 Å². The van der Waals surface area contributed by atoms with E-state index in [4.69, 9.17) is 0 Å². The predicted octanol–water partition coefficient (Wildman–Crippen LogP) is 3.42. The van der Waals surface area contributed by atoms with Crippen LogP contribution < -0.4 is 0 Å². The minimum absolute atomic E-state index is 0.326. The topological polar surface area (TPSA) is 3.24 Å². The highest BCUT2D eigenvalue weighted by Gasteiger charge is 2.27. The van der Waals surface area contributed by atoms with Crippen LogP contribution in [0.15, 0.2) is 12.3 Å². The van der Waals surface area contributed by atoms with Gasteiger partial charge in [0.2, 0.25) is 0 Å². The second-order valence-electron chi connectivity index (χ2n) is 5.41. The Morgan fingerprint density at radius 2 is 2.00 bits per heavy atom. The predicted molar refractivity (Wildman–Crippen MR) is 58.6 cm³/mol. The zero-order valence-electron chi connectivity index (χ0n) is 9.72. The summed E-state index contributed by atoms with van der Waals surface area (Å²) in [4.78, 5) is 2.47. The van der Waals surface area contributed by atoms with Crippen LogP contribution in [0.25, 0.3) is 0 Å². The molecule has 0 aromatic carbocycles. The van der Waals surface area contributed by atoms with E-state index in [1.165, 1.54) is 19.4 Å². The van der Waals surface area contributed by atoms with Crippen LogP contribution in [0.4, 0.5) is 0 Å². The maximum absolute atomic E-state index is 2.47. The minimum atomic E-state index is 0.326. The van der Waals surface area contributed by atoms with E-state index in [2.05, 4.69) is 51.8 Å². The molecular weight excluding hydrogens is 158 g/mol. The van der Waals surface area contributed by atoms with Gasteiger partial charge in [0, 0.05) is 12.1 Å². The van der Waals surface area contributed by atoms with Gasteiger partial charge in [0.25, 0.3) is 0 Å². The normalized spacial score (nSPS) is 22.1. The van der Waals surface area contributed by atoms with Crippen LogP contribution in [-0.2, 0) is 0 Å². The van der Waals surface area contributed by atoms with Crippen LogP contribution in [0.3, 0.4) is 0 Å². The summed E-state index contributed by atoms with van der Waals surface area (Å²) in [7, 11) is 0. The smallest absolute Gasteiger partial charge is 0.0337 e. The van der Waals surface area contributed by atoms with Gasteiger partial charge in [-0.2, -0.15) is 0 Å². The lowest BCUT2D eigenvalue weighted by molar-refractivity contribution is 0.146. The molecule has 0 radical (unpaired) electrons. The van der Waals surface area contributed by atoms with Crippen molar-refractivity contribution in [3.05, 3.63) is 12.3 Å². The monoisotopic (exact) mass is 181 g/mol. The average Bonchev–Trinajstić information content (AvgIpc) is 2.04. The lowest BCUT2D eigenvalue weighted by Gasteiger charge is -2.42. The van der Waals surface area contributed by atoms with Gasteiger partial charge in [0.1, 0.15) is 0 Å². The third kappa shape index (κ3) is 2.49. The van der Waals surface area contributed by atoms with Gasteiger partial charge >= 0.3 is 0 Å². The highest BCUT2D eigenvalue weighted by atomic mass is 15.2. The Balaban J connectivity index is 2.68. The lowest BCUT2D eigenvalue weighted by atomic mass is 9.85. The third-order valence-electron chi connectivity index (χ3n) is 3.35. The van der Waals surface area contributed by atoms with Crippen molar-refractivity contribution in [2.75, 3.05) is 6.54 Å². The molecule has 1 rings (SSSR count). The Morgan fingerprint density at radius 3 is 2.38 bits per heavy atom. The van der Waals surface area contributed by atoms with Crippen molar-refractivity contribution in [1.29, 1.82) is 0 Å². The van der Waals surface area contributed by atoms with Crippen molar-refractivity contribution >= 4 is 0 Å². The first-order chi connectivity index (χ1) is 5.87. The van der Waals surface area contributed by atoms with E-state index in [-0.39, 0.29) is 0 Å². The molecule has 0 aromatic rings. The Labute approximate surface area is 82.8 Å². The number of nitrogens with zero attached hydrogens (tertiary/aromatic N) is 1. The highest BCUT2D eigenvalue weighted by molar-refractivity contribution is 5.03. The fourth-order valence-corrected chi connectivity index (χ4v) is 1.57. The van der Waals surface area contributed by atoms with Crippen molar-refractivity contribution in [2.24, 2.45) is 5.41 Å². The summed E-state index contributed by atoms with van der Waals surface area (Å²) in [5.41, 5.74) is 0.729. The molecule has 0 fully saturated rings. The van der Waals surface area contributed by atoms with Gasteiger partial charge in [-0.25, -0.2) is 0 Å². The lowest BCUT2D eigenvalue weighted by Crippen LogP contribution is -2.43. The van der Waals surface area contributed by atoms with Crippen LogP contribution in [0.1, 0.15) is 47.5 Å². The highest BCUT2D eigenvalue weighted by Crippen LogP contribution is 2.31. The maximum Gasteiger partial charge on any atom is 0.0337 e. The molecule has 0 atom stereocenters. The zero-order chi connectivity index (χ0) is 10.1. The summed E-state index contributed by atoms with van der Waals surface area (Å²) in [5, 5.41) is 0. The molecule has 1 aliphatic rings. The van der Waals surface area contributed by atoms with E-state index in [0.717, 1.165) is 0 Å².